The highest BCUT2D eigenvalue weighted by molar-refractivity contribution is 5.88. The quantitative estimate of drug-likeness (QED) is 0.737. The fourth-order valence-corrected chi connectivity index (χ4v) is 2.76. The lowest BCUT2D eigenvalue weighted by Crippen LogP contribution is -2.56. The van der Waals surface area contributed by atoms with Crippen molar-refractivity contribution in [1.82, 2.24) is 5.32 Å². The number of rotatable bonds is 8. The molecule has 2 N–H and O–H groups in total. The van der Waals surface area contributed by atoms with E-state index in [2.05, 4.69) is 5.32 Å². The van der Waals surface area contributed by atoms with Crippen LogP contribution in [0.4, 0.5) is 0 Å². The van der Waals surface area contributed by atoms with Crippen LogP contribution in [0.25, 0.3) is 0 Å². The fourth-order valence-electron chi connectivity index (χ4n) is 2.76. The third-order valence-electron chi connectivity index (χ3n) is 4.25. The van der Waals surface area contributed by atoms with Gasteiger partial charge >= 0.3 is 5.97 Å². The van der Waals surface area contributed by atoms with Crippen molar-refractivity contribution in [3.05, 3.63) is 60.2 Å². The van der Waals surface area contributed by atoms with Crippen LogP contribution in [0.15, 0.2) is 54.6 Å². The molecule has 1 aliphatic rings. The van der Waals surface area contributed by atoms with Crippen LogP contribution in [-0.2, 0) is 20.9 Å². The van der Waals surface area contributed by atoms with Crippen LogP contribution in [0.1, 0.15) is 12.0 Å². The summed E-state index contributed by atoms with van der Waals surface area (Å²) in [6, 6.07) is 16.7. The number of hydrogen-bond donors (Lipinski definition) is 2. The summed E-state index contributed by atoms with van der Waals surface area (Å²) in [4.78, 5) is 23.6. The number of nitrogens with one attached hydrogen (secondary N) is 1. The first-order chi connectivity index (χ1) is 13.1. The molecule has 0 spiro atoms. The van der Waals surface area contributed by atoms with E-state index in [1.165, 1.54) is 0 Å². The van der Waals surface area contributed by atoms with Gasteiger partial charge in [0.15, 0.2) is 23.6 Å². The molecule has 0 bridgehead atoms. The first-order valence-electron chi connectivity index (χ1n) is 8.60. The summed E-state index contributed by atoms with van der Waals surface area (Å²) >= 11 is 0. The number of carboxylic acids is 1. The van der Waals surface area contributed by atoms with Crippen molar-refractivity contribution in [3.8, 4) is 11.5 Å². The van der Waals surface area contributed by atoms with E-state index in [0.29, 0.717) is 24.7 Å². The van der Waals surface area contributed by atoms with Crippen molar-refractivity contribution in [3.63, 3.8) is 0 Å². The van der Waals surface area contributed by atoms with Crippen molar-refractivity contribution in [2.75, 3.05) is 19.8 Å². The Morgan fingerprint density at radius 3 is 2.33 bits per heavy atom. The number of hydrogen-bond acceptors (Lipinski definition) is 5. The van der Waals surface area contributed by atoms with Gasteiger partial charge in [-0.25, -0.2) is 4.79 Å². The highest BCUT2D eigenvalue weighted by Crippen LogP contribution is 2.27. The Morgan fingerprint density at radius 1 is 1.04 bits per heavy atom. The van der Waals surface area contributed by atoms with Gasteiger partial charge in [-0.05, 0) is 17.7 Å². The Morgan fingerprint density at radius 2 is 1.70 bits per heavy atom. The van der Waals surface area contributed by atoms with E-state index >= 15 is 0 Å². The van der Waals surface area contributed by atoms with Crippen molar-refractivity contribution in [1.29, 1.82) is 0 Å². The molecule has 1 unspecified atom stereocenters. The number of carbonyl (C=O) groups excluding carboxylic acids is 1. The first-order valence-corrected chi connectivity index (χ1v) is 8.60. The van der Waals surface area contributed by atoms with Gasteiger partial charge < -0.3 is 24.6 Å². The molecule has 0 aliphatic carbocycles. The molecule has 1 atom stereocenters. The molecule has 3 rings (SSSR count). The topological polar surface area (TPSA) is 94.1 Å². The number of para-hydroxylation sites is 2. The zero-order chi connectivity index (χ0) is 19.1. The maximum absolute atomic E-state index is 12.2. The van der Waals surface area contributed by atoms with Gasteiger partial charge in [0.25, 0.3) is 5.91 Å². The number of carboxylic acid groups (broad SMARTS) is 1. The summed E-state index contributed by atoms with van der Waals surface area (Å²) in [5.41, 5.74) is -0.376. The molecule has 0 radical (unpaired) electrons. The molecule has 0 saturated carbocycles. The SMILES string of the molecule is O=C(COc1ccccc1OCc1ccccc1)NC1(C(=O)O)CCOC1. The van der Waals surface area contributed by atoms with Crippen molar-refractivity contribution in [2.24, 2.45) is 0 Å². The number of amides is 1. The second-order valence-electron chi connectivity index (χ2n) is 6.25. The maximum Gasteiger partial charge on any atom is 0.331 e. The van der Waals surface area contributed by atoms with E-state index in [1.807, 2.05) is 36.4 Å². The van der Waals surface area contributed by atoms with Gasteiger partial charge in [-0.3, -0.25) is 4.79 Å². The fraction of sp³-hybridized carbons (Fsp3) is 0.300. The average Bonchev–Trinajstić information content (AvgIpc) is 3.16. The number of benzene rings is 2. The van der Waals surface area contributed by atoms with E-state index < -0.39 is 17.4 Å². The van der Waals surface area contributed by atoms with Gasteiger partial charge in [0.05, 0.1) is 6.61 Å². The van der Waals surface area contributed by atoms with Gasteiger partial charge in [0.1, 0.15) is 6.61 Å². The number of carbonyl (C=O) groups is 2. The molecule has 0 aromatic heterocycles. The zero-order valence-corrected chi connectivity index (χ0v) is 14.7. The number of aliphatic carboxylic acids is 1. The molecule has 1 heterocycles. The summed E-state index contributed by atoms with van der Waals surface area (Å²) in [7, 11) is 0. The van der Waals surface area contributed by atoms with Gasteiger partial charge in [0.2, 0.25) is 0 Å². The molecular formula is C20H21NO6. The Hall–Kier alpha value is -3.06. The van der Waals surface area contributed by atoms with Crippen molar-refractivity contribution >= 4 is 11.9 Å². The van der Waals surface area contributed by atoms with Gasteiger partial charge in [-0.15, -0.1) is 0 Å². The van der Waals surface area contributed by atoms with E-state index in [-0.39, 0.29) is 19.6 Å². The third-order valence-corrected chi connectivity index (χ3v) is 4.25. The summed E-state index contributed by atoms with van der Waals surface area (Å²) in [6.45, 7) is 0.294. The molecule has 2 aromatic rings. The van der Waals surface area contributed by atoms with E-state index in [9.17, 15) is 14.7 Å². The average molecular weight is 371 g/mol. The minimum absolute atomic E-state index is 0.0507. The highest BCUT2D eigenvalue weighted by atomic mass is 16.5. The minimum Gasteiger partial charge on any atom is -0.485 e. The monoisotopic (exact) mass is 371 g/mol. The van der Waals surface area contributed by atoms with Crippen LogP contribution in [0.5, 0.6) is 11.5 Å². The molecule has 1 aliphatic heterocycles. The Balaban J connectivity index is 1.57. The Kier molecular flexibility index (Phi) is 5.93. The molecule has 27 heavy (non-hydrogen) atoms. The molecule has 1 fully saturated rings. The smallest absolute Gasteiger partial charge is 0.331 e. The lowest BCUT2D eigenvalue weighted by Gasteiger charge is -2.23. The molecule has 1 amide bonds. The van der Waals surface area contributed by atoms with Gasteiger partial charge in [-0.2, -0.15) is 0 Å². The third kappa shape index (κ3) is 4.77. The van der Waals surface area contributed by atoms with Crippen molar-refractivity contribution < 1.29 is 28.9 Å². The van der Waals surface area contributed by atoms with Gasteiger partial charge in [0, 0.05) is 13.0 Å². The van der Waals surface area contributed by atoms with Crippen LogP contribution in [-0.4, -0.2) is 42.3 Å². The summed E-state index contributed by atoms with van der Waals surface area (Å²) in [5.74, 6) is -0.720. The molecule has 1 saturated heterocycles. The second kappa shape index (κ2) is 8.55. The summed E-state index contributed by atoms with van der Waals surface area (Å²) in [5, 5.41) is 11.9. The van der Waals surface area contributed by atoms with E-state index in [0.717, 1.165) is 5.56 Å². The first kappa shape index (κ1) is 18.7. The van der Waals surface area contributed by atoms with Gasteiger partial charge in [-0.1, -0.05) is 42.5 Å². The second-order valence-corrected chi connectivity index (χ2v) is 6.25. The lowest BCUT2D eigenvalue weighted by atomic mass is 9.99. The molecule has 7 nitrogen and oxygen atoms in total. The standard InChI is InChI=1S/C20H21NO6/c22-18(21-20(19(23)24)10-11-25-14-20)13-27-17-9-5-4-8-16(17)26-12-15-6-2-1-3-7-15/h1-9H,10-14H2,(H,21,22)(H,23,24). The molecular weight excluding hydrogens is 350 g/mol. The van der Waals surface area contributed by atoms with Crippen LogP contribution in [0.2, 0.25) is 0 Å². The maximum atomic E-state index is 12.2. The normalized spacial score (nSPS) is 18.7. The Bertz CT molecular complexity index is 786. The molecule has 7 heteroatoms. The number of ether oxygens (including phenoxy) is 3. The predicted octanol–water partition coefficient (Wildman–Crippen LogP) is 2.00. The zero-order valence-electron chi connectivity index (χ0n) is 14.7. The Labute approximate surface area is 156 Å². The lowest BCUT2D eigenvalue weighted by molar-refractivity contribution is -0.148. The molecule has 142 valence electrons. The molecule has 2 aromatic carbocycles. The van der Waals surface area contributed by atoms with E-state index in [1.54, 1.807) is 18.2 Å². The highest BCUT2D eigenvalue weighted by Gasteiger charge is 2.43. The summed E-state index contributed by atoms with van der Waals surface area (Å²) in [6.07, 6.45) is 0.227. The minimum atomic E-state index is -1.39. The van der Waals surface area contributed by atoms with Crippen molar-refractivity contribution in [2.45, 2.75) is 18.6 Å². The summed E-state index contributed by atoms with van der Waals surface area (Å²) < 4.78 is 16.4. The van der Waals surface area contributed by atoms with Crippen LogP contribution in [0, 0.1) is 0 Å². The van der Waals surface area contributed by atoms with E-state index in [4.69, 9.17) is 14.2 Å². The van der Waals surface area contributed by atoms with Crippen LogP contribution < -0.4 is 14.8 Å². The van der Waals surface area contributed by atoms with Crippen LogP contribution >= 0.6 is 0 Å². The van der Waals surface area contributed by atoms with Crippen LogP contribution in [0.3, 0.4) is 0 Å². The predicted molar refractivity (Wildman–Crippen MR) is 96.7 cm³/mol. The largest absolute Gasteiger partial charge is 0.485 e.